The van der Waals surface area contributed by atoms with E-state index in [1.54, 1.807) is 0 Å². The minimum atomic E-state index is -0.332. The Hall–Kier alpha value is -3.02. The van der Waals surface area contributed by atoms with Crippen LogP contribution in [0.5, 0.6) is 0 Å². The van der Waals surface area contributed by atoms with Crippen LogP contribution < -0.4 is 4.90 Å². The highest BCUT2D eigenvalue weighted by molar-refractivity contribution is 5.81. The molecule has 2 aliphatic carbocycles. The fourth-order valence-corrected chi connectivity index (χ4v) is 6.13. The van der Waals surface area contributed by atoms with E-state index in [0.29, 0.717) is 6.04 Å². The molecule has 2 aromatic heterocycles. The van der Waals surface area contributed by atoms with E-state index in [1.165, 1.54) is 12.8 Å². The molecule has 2 aliphatic heterocycles. The van der Waals surface area contributed by atoms with Gasteiger partial charge in [-0.1, -0.05) is 12.1 Å². The molecule has 0 radical (unpaired) electrons. The number of aryl methyl sites for hydroxylation is 1. The first-order valence-corrected chi connectivity index (χ1v) is 11.8. The number of rotatable bonds is 3. The van der Waals surface area contributed by atoms with Gasteiger partial charge in [0.15, 0.2) is 5.82 Å². The van der Waals surface area contributed by atoms with Crippen LogP contribution in [0.25, 0.3) is 21.6 Å². The van der Waals surface area contributed by atoms with Gasteiger partial charge in [-0.05, 0) is 32.9 Å². The first kappa shape index (κ1) is 19.4. The SMILES string of the molecule is [C-]#[N+][C@@]1(c2ccc3cnn(-c4cc(N5CC6OCCN(C)[C@@H]6C5)nc(C)n4)c3c2)CC12CC2. The van der Waals surface area contributed by atoms with Crippen molar-refractivity contribution in [2.45, 2.75) is 43.9 Å². The van der Waals surface area contributed by atoms with E-state index in [9.17, 15) is 0 Å². The largest absolute Gasteiger partial charge is 0.373 e. The van der Waals surface area contributed by atoms with Crippen LogP contribution in [-0.4, -0.2) is 70.1 Å². The van der Waals surface area contributed by atoms with E-state index in [1.807, 2.05) is 23.9 Å². The molecular weight excluding hydrogens is 414 g/mol. The topological polar surface area (TPSA) is 63.7 Å². The second kappa shape index (κ2) is 6.52. The van der Waals surface area contributed by atoms with E-state index in [2.05, 4.69) is 45.0 Å². The fraction of sp³-hybridized carbons (Fsp3) is 0.520. The molecule has 8 heteroatoms. The van der Waals surface area contributed by atoms with E-state index >= 15 is 0 Å². The summed E-state index contributed by atoms with van der Waals surface area (Å²) < 4.78 is 7.93. The summed E-state index contributed by atoms with van der Waals surface area (Å²) in [7, 11) is 2.18. The van der Waals surface area contributed by atoms with Crippen LogP contribution in [0, 0.1) is 18.9 Å². The molecule has 4 heterocycles. The molecule has 2 saturated carbocycles. The Morgan fingerprint density at radius 2 is 2.00 bits per heavy atom. The number of ether oxygens (including phenoxy) is 1. The second-order valence-corrected chi connectivity index (χ2v) is 10.3. The lowest BCUT2D eigenvalue weighted by Gasteiger charge is -2.33. The minimum Gasteiger partial charge on any atom is -0.373 e. The lowest BCUT2D eigenvalue weighted by Crippen LogP contribution is -2.48. The minimum absolute atomic E-state index is 0.216. The number of likely N-dealkylation sites (N-methyl/N-ethyl adjacent to an activating group) is 1. The highest BCUT2D eigenvalue weighted by Crippen LogP contribution is 2.79. The molecule has 2 saturated heterocycles. The average Bonchev–Trinajstić information content (AvgIpc) is 3.59. The molecule has 0 amide bonds. The smallest absolute Gasteiger partial charge is 0.264 e. The van der Waals surface area contributed by atoms with E-state index in [0.717, 1.165) is 66.6 Å². The molecule has 33 heavy (non-hydrogen) atoms. The zero-order valence-electron chi connectivity index (χ0n) is 19.0. The number of hydrogen-bond acceptors (Lipinski definition) is 6. The predicted octanol–water partition coefficient (Wildman–Crippen LogP) is 2.94. The lowest BCUT2D eigenvalue weighted by molar-refractivity contribution is -0.0362. The number of anilines is 1. The van der Waals surface area contributed by atoms with Crippen molar-refractivity contribution in [3.8, 4) is 5.82 Å². The molecule has 0 bridgehead atoms. The summed E-state index contributed by atoms with van der Waals surface area (Å²) in [6.45, 7) is 13.3. The first-order valence-electron chi connectivity index (χ1n) is 11.8. The monoisotopic (exact) mass is 441 g/mol. The van der Waals surface area contributed by atoms with Crippen molar-refractivity contribution in [2.24, 2.45) is 5.41 Å². The van der Waals surface area contributed by atoms with Crippen molar-refractivity contribution >= 4 is 16.7 Å². The molecule has 4 aliphatic rings. The zero-order chi connectivity index (χ0) is 22.4. The van der Waals surface area contributed by atoms with Crippen molar-refractivity contribution in [1.29, 1.82) is 0 Å². The highest BCUT2D eigenvalue weighted by atomic mass is 16.5. The van der Waals surface area contributed by atoms with Crippen molar-refractivity contribution in [2.75, 3.05) is 38.2 Å². The summed E-state index contributed by atoms with van der Waals surface area (Å²) in [5.41, 5.74) is 2.04. The maximum absolute atomic E-state index is 7.89. The van der Waals surface area contributed by atoms with Gasteiger partial charge in [0.1, 0.15) is 11.6 Å². The first-order chi connectivity index (χ1) is 16.0. The van der Waals surface area contributed by atoms with E-state index in [4.69, 9.17) is 21.3 Å². The summed E-state index contributed by atoms with van der Waals surface area (Å²) in [5.74, 6) is 2.41. The van der Waals surface area contributed by atoms with E-state index < -0.39 is 0 Å². The zero-order valence-corrected chi connectivity index (χ0v) is 19.0. The number of aromatic nitrogens is 4. The highest BCUT2D eigenvalue weighted by Gasteiger charge is 2.82. The maximum atomic E-state index is 7.89. The van der Waals surface area contributed by atoms with Gasteiger partial charge in [0, 0.05) is 43.1 Å². The quantitative estimate of drug-likeness (QED) is 0.583. The average molecular weight is 442 g/mol. The van der Waals surface area contributed by atoms with Crippen molar-refractivity contribution < 1.29 is 4.74 Å². The van der Waals surface area contributed by atoms with Crippen LogP contribution in [0.4, 0.5) is 5.82 Å². The Morgan fingerprint density at radius 3 is 2.76 bits per heavy atom. The number of benzene rings is 1. The molecule has 1 spiro atoms. The van der Waals surface area contributed by atoms with Gasteiger partial charge in [-0.25, -0.2) is 21.2 Å². The van der Waals surface area contributed by atoms with Crippen molar-refractivity contribution in [1.82, 2.24) is 24.6 Å². The normalized spacial score (nSPS) is 29.9. The van der Waals surface area contributed by atoms with Crippen molar-refractivity contribution in [3.63, 3.8) is 0 Å². The number of morpholine rings is 1. The van der Waals surface area contributed by atoms with Crippen LogP contribution >= 0.6 is 0 Å². The maximum Gasteiger partial charge on any atom is 0.264 e. The van der Waals surface area contributed by atoms with Gasteiger partial charge in [-0.3, -0.25) is 4.90 Å². The Kier molecular flexibility index (Phi) is 3.84. The molecule has 1 unspecified atom stereocenters. The molecule has 3 atom stereocenters. The molecule has 4 fully saturated rings. The summed E-state index contributed by atoms with van der Waals surface area (Å²) in [6.07, 6.45) is 5.45. The van der Waals surface area contributed by atoms with Gasteiger partial charge in [0.25, 0.3) is 5.54 Å². The summed E-state index contributed by atoms with van der Waals surface area (Å²) in [6, 6.07) is 8.82. The summed E-state index contributed by atoms with van der Waals surface area (Å²) >= 11 is 0. The third-order valence-corrected chi connectivity index (χ3v) is 8.37. The van der Waals surface area contributed by atoms with Gasteiger partial charge in [-0.2, -0.15) is 5.10 Å². The van der Waals surface area contributed by atoms with Gasteiger partial charge < -0.3 is 14.5 Å². The fourth-order valence-electron chi connectivity index (χ4n) is 6.13. The Morgan fingerprint density at radius 1 is 1.15 bits per heavy atom. The van der Waals surface area contributed by atoms with Gasteiger partial charge in [0.05, 0.1) is 35.9 Å². The molecular formula is C25H27N7O. The van der Waals surface area contributed by atoms with Gasteiger partial charge in [0.2, 0.25) is 0 Å². The van der Waals surface area contributed by atoms with E-state index in [-0.39, 0.29) is 17.1 Å². The summed E-state index contributed by atoms with van der Waals surface area (Å²) in [4.78, 5) is 18.3. The molecule has 8 nitrogen and oxygen atoms in total. The number of hydrogen-bond donors (Lipinski definition) is 0. The third kappa shape index (κ3) is 2.73. The van der Waals surface area contributed by atoms with Crippen molar-refractivity contribution in [3.05, 3.63) is 53.3 Å². The molecule has 3 aromatic rings. The number of nitrogens with zero attached hydrogens (tertiary/aromatic N) is 7. The van der Waals surface area contributed by atoms with Crippen LogP contribution in [0.15, 0.2) is 30.5 Å². The summed E-state index contributed by atoms with van der Waals surface area (Å²) in [5, 5.41) is 5.74. The Balaban J connectivity index is 1.27. The molecule has 7 rings (SSSR count). The van der Waals surface area contributed by atoms with Gasteiger partial charge >= 0.3 is 0 Å². The van der Waals surface area contributed by atoms with Crippen LogP contribution in [0.3, 0.4) is 0 Å². The molecule has 168 valence electrons. The second-order valence-electron chi connectivity index (χ2n) is 10.3. The standard InChI is InChI=1S/C25H27N7O/c1-16-28-22(31-13-20-21(14-31)33-9-8-30(20)3)11-23(29-16)32-19-10-18(5-4-17(19)12-27-32)25(26-2)15-24(25)6-7-24/h4-5,10-12,20-21H,6-9,13-15H2,1,3H3/t20-,21?,25-/m1/s1. The van der Waals surface area contributed by atoms with Crippen LogP contribution in [-0.2, 0) is 10.3 Å². The predicted molar refractivity (Wildman–Crippen MR) is 124 cm³/mol. The third-order valence-electron chi connectivity index (χ3n) is 8.37. The Labute approximate surface area is 193 Å². The van der Waals surface area contributed by atoms with Crippen LogP contribution in [0.2, 0.25) is 0 Å². The van der Waals surface area contributed by atoms with Crippen LogP contribution in [0.1, 0.15) is 30.7 Å². The number of fused-ring (bicyclic) bond motifs is 2. The Bertz CT molecular complexity index is 1320. The molecule has 1 aromatic carbocycles. The van der Waals surface area contributed by atoms with Gasteiger partial charge in [-0.15, -0.1) is 0 Å². The lowest BCUT2D eigenvalue weighted by atomic mass is 10.0. The molecule has 0 N–H and O–H groups in total.